The number of H-pyrrole nitrogens is 1. The summed E-state index contributed by atoms with van der Waals surface area (Å²) in [5, 5.41) is 10.2. The van der Waals surface area contributed by atoms with Gasteiger partial charge in [-0.3, -0.25) is 23.9 Å². The van der Waals surface area contributed by atoms with Crippen molar-refractivity contribution in [2.45, 2.75) is 58.2 Å². The highest BCUT2D eigenvalue weighted by Crippen LogP contribution is 2.40. The van der Waals surface area contributed by atoms with E-state index in [0.717, 1.165) is 11.3 Å². The Balaban J connectivity index is 2.10. The fourth-order valence-electron chi connectivity index (χ4n) is 3.43. The van der Waals surface area contributed by atoms with E-state index in [2.05, 4.69) is 9.97 Å². The number of carbonyl (C=O) groups is 1. The van der Waals surface area contributed by atoms with Crippen molar-refractivity contribution >= 4 is 33.6 Å². The molecule has 1 aliphatic rings. The third-order valence-electron chi connectivity index (χ3n) is 4.73. The number of ether oxygens (including phenoxy) is 2. The van der Waals surface area contributed by atoms with Crippen molar-refractivity contribution < 1.29 is 19.4 Å². The van der Waals surface area contributed by atoms with Gasteiger partial charge in [0.05, 0.1) is 12.2 Å². The average Bonchev–Trinajstić information content (AvgIpc) is 3.14. The zero-order valence-corrected chi connectivity index (χ0v) is 16.0. The highest BCUT2D eigenvalue weighted by molar-refractivity contribution is 7.16. The van der Waals surface area contributed by atoms with Gasteiger partial charge in [-0.05, 0) is 19.8 Å². The van der Waals surface area contributed by atoms with Gasteiger partial charge in [0, 0.05) is 12.8 Å². The lowest BCUT2D eigenvalue weighted by atomic mass is 9.95. The smallest absolute Gasteiger partial charge is 0.311 e. The molecule has 0 aromatic carbocycles. The number of aliphatic hydroxyl groups is 1. The van der Waals surface area contributed by atoms with E-state index < -0.39 is 46.9 Å². The van der Waals surface area contributed by atoms with Crippen molar-refractivity contribution in [2.24, 2.45) is 5.92 Å². The highest BCUT2D eigenvalue weighted by Gasteiger charge is 2.44. The molecule has 3 heterocycles. The lowest BCUT2D eigenvalue weighted by Gasteiger charge is -2.24. The van der Waals surface area contributed by atoms with Gasteiger partial charge >= 0.3 is 10.8 Å². The number of aromatic nitrogens is 3. The predicted molar refractivity (Wildman–Crippen MR) is 98.5 cm³/mol. The molecule has 2 aromatic rings. The molecule has 1 aliphatic heterocycles. The number of nitrogens with zero attached hydrogens (tertiary/aromatic N) is 2. The summed E-state index contributed by atoms with van der Waals surface area (Å²) in [4.78, 5) is 42.1. The second-order valence-corrected chi connectivity index (χ2v) is 7.56. The lowest BCUT2D eigenvalue weighted by molar-refractivity contribution is -0.150. The van der Waals surface area contributed by atoms with Crippen molar-refractivity contribution in [3.63, 3.8) is 0 Å². The van der Waals surface area contributed by atoms with Crippen molar-refractivity contribution in [3.8, 4) is 0 Å². The highest BCUT2D eigenvalue weighted by atomic mass is 32.1. The number of carbonyl (C=O) groups excluding carboxylic acids is 1. The number of aromatic amines is 1. The summed E-state index contributed by atoms with van der Waals surface area (Å²) in [5.74, 6) is -0.980. The summed E-state index contributed by atoms with van der Waals surface area (Å²) in [6.45, 7) is 4.82. The molecule has 0 unspecified atom stereocenters. The van der Waals surface area contributed by atoms with E-state index >= 15 is 0 Å². The molecule has 11 heteroatoms. The molecule has 1 saturated heterocycles. The molecule has 0 saturated carbocycles. The molecule has 4 N–H and O–H groups in total. The fraction of sp³-hybridized carbons (Fsp3) is 0.625. The van der Waals surface area contributed by atoms with E-state index in [0.29, 0.717) is 12.8 Å². The maximum absolute atomic E-state index is 12.6. The van der Waals surface area contributed by atoms with Crippen LogP contribution in [-0.4, -0.2) is 43.9 Å². The Morgan fingerprint density at radius 3 is 2.89 bits per heavy atom. The average molecular weight is 398 g/mol. The summed E-state index contributed by atoms with van der Waals surface area (Å²) in [6, 6.07) is 0. The number of hydrogen-bond acceptors (Lipinski definition) is 9. The summed E-state index contributed by atoms with van der Waals surface area (Å²) in [5.41, 5.74) is 5.24. The number of thiazole rings is 1. The van der Waals surface area contributed by atoms with Crippen LogP contribution in [0.25, 0.3) is 10.3 Å². The number of nitrogens with two attached hydrogens (primary N) is 1. The van der Waals surface area contributed by atoms with Crippen LogP contribution in [0.1, 0.15) is 39.8 Å². The first kappa shape index (κ1) is 19.5. The van der Waals surface area contributed by atoms with Crippen LogP contribution < -0.4 is 16.2 Å². The number of fused-ring (bicyclic) bond motifs is 1. The zero-order chi connectivity index (χ0) is 19.9. The Labute approximate surface area is 157 Å². The molecule has 27 heavy (non-hydrogen) atoms. The number of nitrogens with one attached hydrogen (secondary N) is 1. The minimum Gasteiger partial charge on any atom is -0.462 e. The molecule has 10 nitrogen and oxygen atoms in total. The molecule has 0 aliphatic carbocycles. The number of hydrogen-bond donors (Lipinski definition) is 3. The maximum atomic E-state index is 12.6. The van der Waals surface area contributed by atoms with Gasteiger partial charge in [-0.2, -0.15) is 4.98 Å². The van der Waals surface area contributed by atoms with Crippen molar-refractivity contribution in [1.29, 1.82) is 0 Å². The standard InChI is InChI=1S/C16H22N4O6S/c1-4-9(22)10-5-8(6(2)25-7(3)21)14(26-10)20-12-11(27-16(20)24)13(23)19-15(17)18-12/h6,8-10,14,22H,4-5H2,1-3H3,(H3,17,18,19,23)/t6-,8+,9+,10+,14-/m1/s1. The molecule has 0 spiro atoms. The monoisotopic (exact) mass is 398 g/mol. The normalized spacial score (nSPS) is 24.8. The zero-order valence-electron chi connectivity index (χ0n) is 15.2. The van der Waals surface area contributed by atoms with E-state index in [4.69, 9.17) is 15.2 Å². The molecule has 0 bridgehead atoms. The summed E-state index contributed by atoms with van der Waals surface area (Å²) in [6.07, 6.45) is -1.83. The molecule has 0 radical (unpaired) electrons. The molecule has 5 atom stereocenters. The Hall–Kier alpha value is -2.24. The number of esters is 1. The van der Waals surface area contributed by atoms with Gasteiger partial charge in [-0.1, -0.05) is 18.3 Å². The maximum Gasteiger partial charge on any atom is 0.311 e. The van der Waals surface area contributed by atoms with Gasteiger partial charge in [0.2, 0.25) is 5.95 Å². The first-order chi connectivity index (χ1) is 12.7. The Bertz CT molecular complexity index is 966. The van der Waals surface area contributed by atoms with E-state index in [9.17, 15) is 19.5 Å². The second-order valence-electron chi connectivity index (χ2n) is 6.60. The summed E-state index contributed by atoms with van der Waals surface area (Å²) in [7, 11) is 0. The SMILES string of the molecule is CC[C@H](O)[C@@H]1C[C@@H]([C@@H](C)OC(C)=O)[C@H](n2c(=O)sc3c(=O)[nH]c(N)nc32)O1. The minimum absolute atomic E-state index is 0.114. The van der Waals surface area contributed by atoms with E-state index in [1.165, 1.54) is 11.5 Å². The van der Waals surface area contributed by atoms with Crippen LogP contribution in [0.15, 0.2) is 9.59 Å². The van der Waals surface area contributed by atoms with Crippen molar-refractivity contribution in [2.75, 3.05) is 5.73 Å². The van der Waals surface area contributed by atoms with Crippen molar-refractivity contribution in [3.05, 3.63) is 20.0 Å². The summed E-state index contributed by atoms with van der Waals surface area (Å²) >= 11 is 0.739. The molecule has 0 amide bonds. The summed E-state index contributed by atoms with van der Waals surface area (Å²) < 4.78 is 12.7. The quantitative estimate of drug-likeness (QED) is 0.611. The largest absolute Gasteiger partial charge is 0.462 e. The second kappa shape index (κ2) is 7.41. The van der Waals surface area contributed by atoms with Gasteiger partial charge in [-0.15, -0.1) is 0 Å². The molecule has 3 rings (SSSR count). The van der Waals surface area contributed by atoms with Gasteiger partial charge in [0.15, 0.2) is 5.65 Å². The Morgan fingerprint density at radius 1 is 1.56 bits per heavy atom. The molecular formula is C16H22N4O6S. The molecule has 1 fully saturated rings. The van der Waals surface area contributed by atoms with E-state index in [1.807, 2.05) is 6.92 Å². The van der Waals surface area contributed by atoms with Crippen LogP contribution in [-0.2, 0) is 14.3 Å². The first-order valence-electron chi connectivity index (χ1n) is 8.64. The van der Waals surface area contributed by atoms with Crippen molar-refractivity contribution in [1.82, 2.24) is 14.5 Å². The fourth-order valence-corrected chi connectivity index (χ4v) is 4.27. The Morgan fingerprint density at radius 2 is 2.26 bits per heavy atom. The number of aliphatic hydroxyl groups excluding tert-OH is 1. The molecule has 148 valence electrons. The third-order valence-corrected chi connectivity index (χ3v) is 5.68. The van der Waals surface area contributed by atoms with Gasteiger partial charge in [0.1, 0.15) is 17.0 Å². The van der Waals surface area contributed by atoms with Crippen LogP contribution in [0, 0.1) is 5.92 Å². The topological polar surface area (TPSA) is 150 Å². The minimum atomic E-state index is -0.847. The van der Waals surface area contributed by atoms with Crippen LogP contribution >= 0.6 is 11.3 Å². The number of nitrogen functional groups attached to an aromatic ring is 1. The third kappa shape index (κ3) is 3.62. The van der Waals surface area contributed by atoms with Crippen LogP contribution in [0.3, 0.4) is 0 Å². The lowest BCUT2D eigenvalue weighted by Crippen LogP contribution is -2.32. The van der Waals surface area contributed by atoms with E-state index in [1.54, 1.807) is 6.92 Å². The number of rotatable bonds is 5. The van der Waals surface area contributed by atoms with Gasteiger partial charge in [-0.25, -0.2) is 0 Å². The molecule has 2 aromatic heterocycles. The molecular weight excluding hydrogens is 376 g/mol. The first-order valence-corrected chi connectivity index (χ1v) is 9.46. The van der Waals surface area contributed by atoms with Gasteiger partial charge in [0.25, 0.3) is 5.56 Å². The predicted octanol–water partition coefficient (Wildman–Crippen LogP) is 0.355. The van der Waals surface area contributed by atoms with Crippen LogP contribution in [0.5, 0.6) is 0 Å². The van der Waals surface area contributed by atoms with Crippen LogP contribution in [0.2, 0.25) is 0 Å². The van der Waals surface area contributed by atoms with E-state index in [-0.39, 0.29) is 16.3 Å². The Kier molecular flexibility index (Phi) is 5.36. The van der Waals surface area contributed by atoms with Gasteiger partial charge < -0.3 is 20.3 Å². The number of anilines is 1. The van der Waals surface area contributed by atoms with Crippen LogP contribution in [0.4, 0.5) is 5.95 Å².